The van der Waals surface area contributed by atoms with Crippen molar-refractivity contribution in [3.63, 3.8) is 0 Å². The number of nitro benzene ring substituents is 1. The summed E-state index contributed by atoms with van der Waals surface area (Å²) in [5.74, 6) is -1.96. The molecule has 1 atom stereocenters. The molecule has 0 spiro atoms. The largest absolute Gasteiger partial charge is 0.312 e. The second kappa shape index (κ2) is 8.51. The maximum Gasteiger partial charge on any atom is 0.270 e. The number of amides is 3. The second-order valence-corrected chi connectivity index (χ2v) is 6.68. The normalized spacial score (nSPS) is 15.8. The van der Waals surface area contributed by atoms with Gasteiger partial charge >= 0.3 is 0 Å². The first-order valence-electron chi connectivity index (χ1n) is 9.13. The monoisotopic (exact) mass is 396 g/mol. The van der Waals surface area contributed by atoms with E-state index in [1.807, 2.05) is 31.2 Å². The van der Waals surface area contributed by atoms with E-state index >= 15 is 0 Å². The standard InChI is InChI=1S/C20H20N4O5/c1-2-13-6-8-16(9-7-13)23-12-15(11-18(23)25)20(27)22-21-19(26)14-4-3-5-17(10-14)24(28)29/h3-10,15H,2,11-12H2,1H3,(H,21,26)(H,22,27)/t15-/m0/s1. The molecular weight excluding hydrogens is 376 g/mol. The number of non-ortho nitro benzene ring substituents is 1. The number of benzene rings is 2. The fourth-order valence-electron chi connectivity index (χ4n) is 3.10. The zero-order chi connectivity index (χ0) is 21.0. The van der Waals surface area contributed by atoms with Crippen molar-refractivity contribution in [2.45, 2.75) is 19.8 Å². The van der Waals surface area contributed by atoms with Crippen molar-refractivity contribution in [1.29, 1.82) is 0 Å². The van der Waals surface area contributed by atoms with Gasteiger partial charge in [0.25, 0.3) is 11.6 Å². The van der Waals surface area contributed by atoms with Gasteiger partial charge in [-0.3, -0.25) is 35.3 Å². The molecule has 0 saturated carbocycles. The zero-order valence-corrected chi connectivity index (χ0v) is 15.8. The molecule has 9 nitrogen and oxygen atoms in total. The van der Waals surface area contributed by atoms with E-state index in [2.05, 4.69) is 10.9 Å². The van der Waals surface area contributed by atoms with E-state index < -0.39 is 22.7 Å². The lowest BCUT2D eigenvalue weighted by atomic mass is 10.1. The van der Waals surface area contributed by atoms with Crippen molar-refractivity contribution in [3.05, 3.63) is 69.8 Å². The third-order valence-corrected chi connectivity index (χ3v) is 4.77. The van der Waals surface area contributed by atoms with Gasteiger partial charge in [0.15, 0.2) is 0 Å². The number of aryl methyl sites for hydroxylation is 1. The minimum absolute atomic E-state index is 0.0358. The second-order valence-electron chi connectivity index (χ2n) is 6.68. The lowest BCUT2D eigenvalue weighted by Gasteiger charge is -2.17. The number of hydrazine groups is 1. The molecule has 0 aliphatic carbocycles. The van der Waals surface area contributed by atoms with Crippen LogP contribution in [0.25, 0.3) is 0 Å². The molecule has 0 bridgehead atoms. The first kappa shape index (κ1) is 20.0. The van der Waals surface area contributed by atoms with Crippen molar-refractivity contribution < 1.29 is 19.3 Å². The number of carbonyl (C=O) groups is 3. The first-order chi connectivity index (χ1) is 13.9. The van der Waals surface area contributed by atoms with Gasteiger partial charge in [-0.15, -0.1) is 0 Å². The van der Waals surface area contributed by atoms with E-state index in [1.54, 1.807) is 4.90 Å². The minimum atomic E-state index is -0.682. The van der Waals surface area contributed by atoms with Crippen molar-refractivity contribution in [1.82, 2.24) is 10.9 Å². The van der Waals surface area contributed by atoms with E-state index in [4.69, 9.17) is 0 Å². The third-order valence-electron chi connectivity index (χ3n) is 4.77. The molecule has 1 fully saturated rings. The lowest BCUT2D eigenvalue weighted by molar-refractivity contribution is -0.384. The molecule has 3 amide bonds. The number of rotatable bonds is 5. The number of carbonyl (C=O) groups excluding carboxylic acids is 3. The number of anilines is 1. The van der Waals surface area contributed by atoms with Crippen LogP contribution in [0.3, 0.4) is 0 Å². The fourth-order valence-corrected chi connectivity index (χ4v) is 3.10. The number of hydrogen-bond acceptors (Lipinski definition) is 5. The number of nitro groups is 1. The molecule has 2 aromatic carbocycles. The molecule has 0 radical (unpaired) electrons. The quantitative estimate of drug-likeness (QED) is 0.591. The molecular formula is C20H20N4O5. The van der Waals surface area contributed by atoms with E-state index in [0.29, 0.717) is 0 Å². The van der Waals surface area contributed by atoms with E-state index in [0.717, 1.165) is 23.7 Å². The van der Waals surface area contributed by atoms with Gasteiger partial charge in [0, 0.05) is 36.3 Å². The Morgan fingerprint density at radius 1 is 1.17 bits per heavy atom. The molecule has 150 valence electrons. The predicted octanol–water partition coefficient (Wildman–Crippen LogP) is 1.97. The van der Waals surface area contributed by atoms with Crippen LogP contribution in [-0.4, -0.2) is 29.2 Å². The fraction of sp³-hybridized carbons (Fsp3) is 0.250. The Morgan fingerprint density at radius 2 is 1.90 bits per heavy atom. The van der Waals surface area contributed by atoms with Crippen molar-refractivity contribution in [2.24, 2.45) is 5.92 Å². The van der Waals surface area contributed by atoms with Gasteiger partial charge in [-0.05, 0) is 30.2 Å². The summed E-state index contributed by atoms with van der Waals surface area (Å²) < 4.78 is 0. The Labute approximate surface area is 166 Å². The van der Waals surface area contributed by atoms with Crippen LogP contribution in [0.1, 0.15) is 29.3 Å². The summed E-state index contributed by atoms with van der Waals surface area (Å²) in [6.07, 6.45) is 0.928. The summed E-state index contributed by atoms with van der Waals surface area (Å²) in [4.78, 5) is 48.5. The van der Waals surface area contributed by atoms with E-state index in [9.17, 15) is 24.5 Å². The molecule has 2 aromatic rings. The molecule has 0 unspecified atom stereocenters. The summed E-state index contributed by atoms with van der Waals surface area (Å²) in [7, 11) is 0. The molecule has 2 N–H and O–H groups in total. The number of nitrogens with one attached hydrogen (secondary N) is 2. The van der Waals surface area contributed by atoms with Crippen LogP contribution in [0.2, 0.25) is 0 Å². The summed E-state index contributed by atoms with van der Waals surface area (Å²) in [5, 5.41) is 10.8. The van der Waals surface area contributed by atoms with Gasteiger partial charge in [0.1, 0.15) is 0 Å². The summed E-state index contributed by atoms with van der Waals surface area (Å²) in [5.41, 5.74) is 6.22. The van der Waals surface area contributed by atoms with Crippen LogP contribution >= 0.6 is 0 Å². The highest BCUT2D eigenvalue weighted by Gasteiger charge is 2.35. The van der Waals surface area contributed by atoms with Crippen molar-refractivity contribution >= 4 is 29.1 Å². The topological polar surface area (TPSA) is 122 Å². The maximum absolute atomic E-state index is 12.4. The van der Waals surface area contributed by atoms with E-state index in [1.165, 1.54) is 18.2 Å². The van der Waals surface area contributed by atoms with Gasteiger partial charge in [0.2, 0.25) is 11.8 Å². The van der Waals surface area contributed by atoms with Gasteiger partial charge in [-0.1, -0.05) is 25.1 Å². The Morgan fingerprint density at radius 3 is 2.55 bits per heavy atom. The van der Waals surface area contributed by atoms with Crippen LogP contribution in [0.15, 0.2) is 48.5 Å². The maximum atomic E-state index is 12.4. The highest BCUT2D eigenvalue weighted by molar-refractivity contribution is 6.01. The van der Waals surface area contributed by atoms with Gasteiger partial charge in [-0.25, -0.2) is 0 Å². The molecule has 1 aliphatic heterocycles. The average Bonchev–Trinajstić information content (AvgIpc) is 3.13. The highest BCUT2D eigenvalue weighted by Crippen LogP contribution is 2.25. The van der Waals surface area contributed by atoms with Crippen molar-refractivity contribution in [2.75, 3.05) is 11.4 Å². The minimum Gasteiger partial charge on any atom is -0.312 e. The van der Waals surface area contributed by atoms with Crippen LogP contribution in [0, 0.1) is 16.0 Å². The van der Waals surface area contributed by atoms with Gasteiger partial charge in [0.05, 0.1) is 10.8 Å². The first-order valence-corrected chi connectivity index (χ1v) is 9.13. The lowest BCUT2D eigenvalue weighted by Crippen LogP contribution is -2.45. The highest BCUT2D eigenvalue weighted by atomic mass is 16.6. The van der Waals surface area contributed by atoms with Crippen molar-refractivity contribution in [3.8, 4) is 0 Å². The average molecular weight is 396 g/mol. The van der Waals surface area contributed by atoms with Crippen LogP contribution < -0.4 is 15.8 Å². The van der Waals surface area contributed by atoms with Gasteiger partial charge < -0.3 is 4.90 Å². The Balaban J connectivity index is 1.58. The van der Waals surface area contributed by atoms with Gasteiger partial charge in [-0.2, -0.15) is 0 Å². The van der Waals surface area contributed by atoms with E-state index in [-0.39, 0.29) is 30.1 Å². The summed E-state index contributed by atoms with van der Waals surface area (Å²) in [6, 6.07) is 12.7. The Bertz CT molecular complexity index is 958. The molecule has 0 aromatic heterocycles. The Kier molecular flexibility index (Phi) is 5.87. The van der Waals surface area contributed by atoms with Crippen LogP contribution in [-0.2, 0) is 16.0 Å². The summed E-state index contributed by atoms with van der Waals surface area (Å²) >= 11 is 0. The molecule has 3 rings (SSSR count). The molecule has 29 heavy (non-hydrogen) atoms. The smallest absolute Gasteiger partial charge is 0.270 e. The third kappa shape index (κ3) is 4.57. The molecule has 9 heteroatoms. The molecule has 1 heterocycles. The van der Waals surface area contributed by atoms with Crippen LogP contribution in [0.4, 0.5) is 11.4 Å². The molecule has 1 saturated heterocycles. The van der Waals surface area contributed by atoms with Crippen LogP contribution in [0.5, 0.6) is 0 Å². The summed E-state index contributed by atoms with van der Waals surface area (Å²) in [6.45, 7) is 2.25. The zero-order valence-electron chi connectivity index (χ0n) is 15.8. The Hall–Kier alpha value is -3.75. The number of hydrogen-bond donors (Lipinski definition) is 2. The predicted molar refractivity (Wildman–Crippen MR) is 105 cm³/mol. The molecule has 1 aliphatic rings. The SMILES string of the molecule is CCc1ccc(N2C[C@@H](C(=O)NNC(=O)c3cccc([N+](=O)[O-])c3)CC2=O)cc1. The number of nitrogens with zero attached hydrogens (tertiary/aromatic N) is 2.